The number of hydrogen-bond acceptors (Lipinski definition) is 5. The Morgan fingerprint density at radius 1 is 1.00 bits per heavy atom. The molecule has 0 saturated heterocycles. The van der Waals surface area contributed by atoms with Gasteiger partial charge in [0.15, 0.2) is 0 Å². The van der Waals surface area contributed by atoms with Crippen molar-refractivity contribution >= 4 is 17.6 Å². The Bertz CT molecular complexity index is 1040. The highest BCUT2D eigenvalue weighted by molar-refractivity contribution is 5.82. The van der Waals surface area contributed by atoms with Gasteiger partial charge in [0, 0.05) is 11.6 Å². The van der Waals surface area contributed by atoms with Gasteiger partial charge >= 0.3 is 11.9 Å². The molecule has 0 unspecified atom stereocenters. The van der Waals surface area contributed by atoms with E-state index in [0.717, 1.165) is 17.8 Å². The van der Waals surface area contributed by atoms with Crippen LogP contribution >= 0.6 is 0 Å². The summed E-state index contributed by atoms with van der Waals surface area (Å²) >= 11 is 0. The summed E-state index contributed by atoms with van der Waals surface area (Å²) in [6.07, 6.45) is -3.16. The lowest BCUT2D eigenvalue weighted by Crippen LogP contribution is -2.04. The van der Waals surface area contributed by atoms with Gasteiger partial charge < -0.3 is 4.74 Å². The molecule has 0 radical (unpaired) electrons. The van der Waals surface area contributed by atoms with E-state index < -0.39 is 22.4 Å². The van der Waals surface area contributed by atoms with Crippen molar-refractivity contribution in [2.45, 2.75) is 6.18 Å². The van der Waals surface area contributed by atoms with Gasteiger partial charge in [-0.2, -0.15) is 18.3 Å². The summed E-state index contributed by atoms with van der Waals surface area (Å²) in [6.45, 7) is 0. The number of nitrogens with zero attached hydrogens (tertiary/aromatic N) is 2. The van der Waals surface area contributed by atoms with E-state index in [0.29, 0.717) is 5.56 Å². The summed E-state index contributed by atoms with van der Waals surface area (Å²) < 4.78 is 43.8. The van der Waals surface area contributed by atoms with E-state index in [9.17, 15) is 23.3 Å². The van der Waals surface area contributed by atoms with E-state index in [2.05, 4.69) is 10.5 Å². The molecular formula is C20H14F3N3O3. The average Bonchev–Trinajstić information content (AvgIpc) is 2.69. The third-order valence-corrected chi connectivity index (χ3v) is 3.75. The van der Waals surface area contributed by atoms with E-state index in [1.54, 1.807) is 12.1 Å². The van der Waals surface area contributed by atoms with Gasteiger partial charge in [-0.25, -0.2) is 0 Å². The average molecular weight is 401 g/mol. The third kappa shape index (κ3) is 5.32. The van der Waals surface area contributed by atoms with Crippen LogP contribution in [0.15, 0.2) is 77.9 Å². The number of hydrazone groups is 1. The highest BCUT2D eigenvalue weighted by Gasteiger charge is 2.30. The van der Waals surface area contributed by atoms with Crippen molar-refractivity contribution in [3.05, 3.63) is 94.0 Å². The maximum atomic E-state index is 12.8. The molecule has 0 atom stereocenters. The van der Waals surface area contributed by atoms with Crippen LogP contribution in [0.3, 0.4) is 0 Å². The fourth-order valence-corrected chi connectivity index (χ4v) is 2.40. The van der Waals surface area contributed by atoms with E-state index in [4.69, 9.17) is 4.74 Å². The molecule has 0 aliphatic rings. The van der Waals surface area contributed by atoms with Crippen molar-refractivity contribution in [3.8, 4) is 11.5 Å². The SMILES string of the molecule is O=[N+]([O-])c1cc(C=NNc2ccccc2)ccc1Oc1cccc(C(F)(F)F)c1. The minimum Gasteiger partial charge on any atom is -0.450 e. The largest absolute Gasteiger partial charge is 0.450 e. The fraction of sp³-hybridized carbons (Fsp3) is 0.0500. The molecule has 3 aromatic rings. The molecule has 148 valence electrons. The standard InChI is InChI=1S/C20H14F3N3O3/c21-20(22,23)15-5-4-8-17(12-15)29-19-10-9-14(11-18(19)26(27)28)13-24-25-16-6-2-1-3-7-16/h1-13,25H. The molecule has 0 aliphatic carbocycles. The first kappa shape index (κ1) is 19.9. The number of anilines is 1. The van der Waals surface area contributed by atoms with Crippen molar-refractivity contribution < 1.29 is 22.8 Å². The normalized spacial score (nSPS) is 11.4. The van der Waals surface area contributed by atoms with E-state index in [1.807, 2.05) is 18.2 Å². The van der Waals surface area contributed by atoms with Crippen molar-refractivity contribution in [1.82, 2.24) is 0 Å². The van der Waals surface area contributed by atoms with Gasteiger partial charge in [0.25, 0.3) is 0 Å². The lowest BCUT2D eigenvalue weighted by atomic mass is 10.2. The maximum Gasteiger partial charge on any atom is 0.416 e. The van der Waals surface area contributed by atoms with Crippen molar-refractivity contribution in [2.24, 2.45) is 5.10 Å². The number of halogens is 3. The smallest absolute Gasteiger partial charge is 0.416 e. The predicted octanol–water partition coefficient (Wildman–Crippen LogP) is 5.85. The lowest BCUT2D eigenvalue weighted by Gasteiger charge is -2.10. The summed E-state index contributed by atoms with van der Waals surface area (Å²) in [4.78, 5) is 10.7. The van der Waals surface area contributed by atoms with Crippen LogP contribution in [-0.2, 0) is 6.18 Å². The second kappa shape index (κ2) is 8.42. The second-order valence-electron chi connectivity index (χ2n) is 5.85. The topological polar surface area (TPSA) is 76.8 Å². The summed E-state index contributed by atoms with van der Waals surface area (Å²) in [5, 5.41) is 15.4. The van der Waals surface area contributed by atoms with Gasteiger partial charge in [-0.05, 0) is 42.5 Å². The summed E-state index contributed by atoms with van der Waals surface area (Å²) in [7, 11) is 0. The molecule has 0 amide bonds. The van der Waals surface area contributed by atoms with Gasteiger partial charge in [-0.3, -0.25) is 15.5 Å². The fourth-order valence-electron chi connectivity index (χ4n) is 2.40. The quantitative estimate of drug-likeness (QED) is 0.319. The Labute approximate surface area is 163 Å². The number of rotatable bonds is 6. The van der Waals surface area contributed by atoms with Gasteiger partial charge in [0.1, 0.15) is 5.75 Å². The first-order valence-corrected chi connectivity index (χ1v) is 8.30. The predicted molar refractivity (Wildman–Crippen MR) is 102 cm³/mol. The minimum atomic E-state index is -4.54. The molecule has 0 bridgehead atoms. The number of nitro groups is 1. The number of hydrogen-bond donors (Lipinski definition) is 1. The molecule has 0 aliphatic heterocycles. The van der Waals surface area contributed by atoms with Crippen LogP contribution in [0.5, 0.6) is 11.5 Å². The van der Waals surface area contributed by atoms with Crippen LogP contribution in [0.25, 0.3) is 0 Å². The van der Waals surface area contributed by atoms with Gasteiger partial charge in [-0.15, -0.1) is 0 Å². The van der Waals surface area contributed by atoms with Crippen molar-refractivity contribution in [1.29, 1.82) is 0 Å². The molecular weight excluding hydrogens is 387 g/mol. The number of ether oxygens (including phenoxy) is 1. The van der Waals surface area contributed by atoms with Crippen LogP contribution in [-0.4, -0.2) is 11.1 Å². The van der Waals surface area contributed by atoms with Gasteiger partial charge in [-0.1, -0.05) is 24.3 Å². The molecule has 3 rings (SSSR count). The summed E-state index contributed by atoms with van der Waals surface area (Å²) in [5.74, 6) is -0.336. The molecule has 0 spiro atoms. The molecule has 9 heteroatoms. The highest BCUT2D eigenvalue weighted by Crippen LogP contribution is 2.35. The lowest BCUT2D eigenvalue weighted by molar-refractivity contribution is -0.385. The highest BCUT2D eigenvalue weighted by atomic mass is 19.4. The zero-order chi connectivity index (χ0) is 20.9. The van der Waals surface area contributed by atoms with Gasteiger partial charge in [0.2, 0.25) is 5.75 Å². The van der Waals surface area contributed by atoms with Crippen LogP contribution in [0.2, 0.25) is 0 Å². The van der Waals surface area contributed by atoms with Crippen LogP contribution in [0, 0.1) is 10.1 Å². The Balaban J connectivity index is 1.81. The first-order chi connectivity index (χ1) is 13.8. The molecule has 29 heavy (non-hydrogen) atoms. The Morgan fingerprint density at radius 2 is 1.76 bits per heavy atom. The van der Waals surface area contributed by atoms with E-state index in [1.165, 1.54) is 36.5 Å². The van der Waals surface area contributed by atoms with Crippen molar-refractivity contribution in [2.75, 3.05) is 5.43 Å². The molecule has 0 fully saturated rings. The number of benzene rings is 3. The minimum absolute atomic E-state index is 0.157. The monoisotopic (exact) mass is 401 g/mol. The molecule has 0 saturated carbocycles. The molecule has 0 aromatic heterocycles. The van der Waals surface area contributed by atoms with Crippen LogP contribution < -0.4 is 10.2 Å². The molecule has 6 nitrogen and oxygen atoms in total. The molecule has 3 aromatic carbocycles. The Hall–Kier alpha value is -3.88. The zero-order valence-corrected chi connectivity index (χ0v) is 14.8. The van der Waals surface area contributed by atoms with Crippen LogP contribution in [0.1, 0.15) is 11.1 Å². The summed E-state index contributed by atoms with van der Waals surface area (Å²) in [5.41, 5.74) is 2.62. The number of alkyl halides is 3. The zero-order valence-electron chi connectivity index (χ0n) is 14.8. The van der Waals surface area contributed by atoms with Gasteiger partial charge in [0.05, 0.1) is 22.4 Å². The van der Waals surface area contributed by atoms with E-state index in [-0.39, 0.29) is 11.5 Å². The Morgan fingerprint density at radius 3 is 2.45 bits per heavy atom. The van der Waals surface area contributed by atoms with E-state index >= 15 is 0 Å². The molecule has 1 N–H and O–H groups in total. The van der Waals surface area contributed by atoms with Crippen molar-refractivity contribution in [3.63, 3.8) is 0 Å². The molecule has 0 heterocycles. The maximum absolute atomic E-state index is 12.8. The van der Waals surface area contributed by atoms with Crippen LogP contribution in [0.4, 0.5) is 24.5 Å². The number of nitrogens with one attached hydrogen (secondary N) is 1. The summed E-state index contributed by atoms with van der Waals surface area (Å²) in [6, 6.07) is 17.2. The number of para-hydroxylation sites is 1. The Kier molecular flexibility index (Phi) is 5.77. The second-order valence-corrected chi connectivity index (χ2v) is 5.85. The third-order valence-electron chi connectivity index (χ3n) is 3.75. The number of nitro benzene ring substituents is 1. The first-order valence-electron chi connectivity index (χ1n) is 8.30.